The van der Waals surface area contributed by atoms with Crippen molar-refractivity contribution in [1.29, 1.82) is 0 Å². The van der Waals surface area contributed by atoms with E-state index < -0.39 is 29.9 Å². The fraction of sp³-hybridized carbons (Fsp3) is 0.333. The van der Waals surface area contributed by atoms with Crippen LogP contribution in [0.2, 0.25) is 0 Å². The first kappa shape index (κ1) is 21.9. The van der Waals surface area contributed by atoms with E-state index in [2.05, 4.69) is 10.6 Å². The van der Waals surface area contributed by atoms with Gasteiger partial charge in [-0.05, 0) is 56.2 Å². The second-order valence-corrected chi connectivity index (χ2v) is 6.87. The maximum absolute atomic E-state index is 12.5. The van der Waals surface area contributed by atoms with Crippen LogP contribution in [-0.4, -0.2) is 35.7 Å². The number of benzene rings is 1. The molecule has 2 amide bonds. The second kappa shape index (κ2) is 9.68. The lowest BCUT2D eigenvalue weighted by atomic mass is 10.0. The fourth-order valence-corrected chi connectivity index (χ4v) is 2.45. The molecule has 2 atom stereocenters. The minimum absolute atomic E-state index is 0.0725. The van der Waals surface area contributed by atoms with Crippen molar-refractivity contribution >= 4 is 29.3 Å². The van der Waals surface area contributed by atoms with Crippen molar-refractivity contribution in [3.05, 3.63) is 54.0 Å². The number of Topliss-reactive ketones (excluding diaryl/α,β-unsaturated/α-hetero) is 1. The molecule has 0 saturated carbocycles. The van der Waals surface area contributed by atoms with Gasteiger partial charge in [0.15, 0.2) is 17.6 Å². The maximum atomic E-state index is 12.5. The van der Waals surface area contributed by atoms with Crippen molar-refractivity contribution in [3.8, 4) is 0 Å². The summed E-state index contributed by atoms with van der Waals surface area (Å²) in [4.78, 5) is 48.2. The van der Waals surface area contributed by atoms with Gasteiger partial charge in [0.05, 0.1) is 6.26 Å². The zero-order valence-electron chi connectivity index (χ0n) is 16.7. The van der Waals surface area contributed by atoms with E-state index in [0.29, 0.717) is 11.3 Å². The standard InChI is InChI=1S/C21H24N2O6/c1-12(2)18(23-20(26)17-6-5-11-28-17)21(27)29-14(4)19(25)22-16-9-7-15(8-10-16)13(3)24/h5-12,14,18H,1-4H3,(H,22,25)(H,23,26)/t14-,18-/m0/s1. The minimum Gasteiger partial charge on any atom is -0.459 e. The Hall–Kier alpha value is -3.42. The number of esters is 1. The Morgan fingerprint density at radius 1 is 1.00 bits per heavy atom. The maximum Gasteiger partial charge on any atom is 0.329 e. The molecule has 1 aromatic heterocycles. The Bertz CT molecular complexity index is 871. The summed E-state index contributed by atoms with van der Waals surface area (Å²) < 4.78 is 10.3. The first-order chi connectivity index (χ1) is 13.7. The molecule has 2 aromatic rings. The SMILES string of the molecule is CC(=O)c1ccc(NC(=O)[C@H](C)OC(=O)[C@@H](NC(=O)c2ccco2)C(C)C)cc1. The van der Waals surface area contributed by atoms with E-state index in [1.54, 1.807) is 44.2 Å². The molecular weight excluding hydrogens is 376 g/mol. The summed E-state index contributed by atoms with van der Waals surface area (Å²) in [6.07, 6.45) is 0.268. The lowest BCUT2D eigenvalue weighted by Crippen LogP contribution is -2.47. The molecule has 8 nitrogen and oxygen atoms in total. The van der Waals surface area contributed by atoms with Gasteiger partial charge in [-0.3, -0.25) is 14.4 Å². The number of amides is 2. The minimum atomic E-state index is -1.09. The number of carbonyl (C=O) groups is 4. The van der Waals surface area contributed by atoms with Gasteiger partial charge in [0.25, 0.3) is 11.8 Å². The lowest BCUT2D eigenvalue weighted by Gasteiger charge is -2.22. The number of rotatable bonds is 8. The molecule has 0 aliphatic heterocycles. The molecule has 0 spiro atoms. The number of hydrogen-bond acceptors (Lipinski definition) is 6. The molecule has 0 radical (unpaired) electrons. The van der Waals surface area contributed by atoms with Gasteiger partial charge < -0.3 is 19.8 Å². The van der Waals surface area contributed by atoms with Crippen LogP contribution in [0.15, 0.2) is 47.1 Å². The second-order valence-electron chi connectivity index (χ2n) is 6.87. The third-order valence-corrected chi connectivity index (χ3v) is 4.17. The molecular formula is C21H24N2O6. The summed E-state index contributed by atoms with van der Waals surface area (Å²) in [5.41, 5.74) is 0.990. The molecule has 0 unspecified atom stereocenters. The highest BCUT2D eigenvalue weighted by molar-refractivity contribution is 5.98. The number of carbonyl (C=O) groups excluding carboxylic acids is 4. The monoisotopic (exact) mass is 400 g/mol. The van der Waals surface area contributed by atoms with Gasteiger partial charge in [0, 0.05) is 11.3 Å². The van der Waals surface area contributed by atoms with Crippen molar-refractivity contribution < 1.29 is 28.3 Å². The number of ketones is 1. The van der Waals surface area contributed by atoms with Crippen LogP contribution in [-0.2, 0) is 14.3 Å². The van der Waals surface area contributed by atoms with Gasteiger partial charge in [-0.25, -0.2) is 4.79 Å². The van der Waals surface area contributed by atoms with Gasteiger partial charge in [-0.1, -0.05) is 13.8 Å². The Morgan fingerprint density at radius 3 is 2.17 bits per heavy atom. The number of nitrogens with one attached hydrogen (secondary N) is 2. The highest BCUT2D eigenvalue weighted by Crippen LogP contribution is 2.12. The third-order valence-electron chi connectivity index (χ3n) is 4.17. The van der Waals surface area contributed by atoms with Gasteiger partial charge in [-0.2, -0.15) is 0 Å². The Kier molecular flexibility index (Phi) is 7.30. The molecule has 1 heterocycles. The van der Waals surface area contributed by atoms with Gasteiger partial charge in [0.2, 0.25) is 0 Å². The Morgan fingerprint density at radius 2 is 1.66 bits per heavy atom. The normalized spacial score (nSPS) is 12.7. The fourth-order valence-electron chi connectivity index (χ4n) is 2.45. The molecule has 0 aliphatic carbocycles. The van der Waals surface area contributed by atoms with Gasteiger partial charge in [-0.15, -0.1) is 0 Å². The topological polar surface area (TPSA) is 115 Å². The van der Waals surface area contributed by atoms with Crippen molar-refractivity contribution in [2.45, 2.75) is 39.8 Å². The zero-order chi connectivity index (χ0) is 21.6. The Balaban J connectivity index is 1.96. The van der Waals surface area contributed by atoms with Crippen molar-refractivity contribution in [2.24, 2.45) is 5.92 Å². The first-order valence-corrected chi connectivity index (χ1v) is 9.15. The predicted molar refractivity (Wildman–Crippen MR) is 105 cm³/mol. The summed E-state index contributed by atoms with van der Waals surface area (Å²) in [7, 11) is 0. The van der Waals surface area contributed by atoms with E-state index in [1.165, 1.54) is 26.2 Å². The number of ether oxygens (including phenoxy) is 1. The quantitative estimate of drug-likeness (QED) is 0.520. The number of hydrogen-bond donors (Lipinski definition) is 2. The van der Waals surface area contributed by atoms with Crippen LogP contribution >= 0.6 is 0 Å². The van der Waals surface area contributed by atoms with Gasteiger partial charge >= 0.3 is 5.97 Å². The molecule has 2 rings (SSSR count). The molecule has 0 fully saturated rings. The van der Waals surface area contributed by atoms with E-state index >= 15 is 0 Å². The van der Waals surface area contributed by atoms with E-state index in [0.717, 1.165) is 0 Å². The van der Waals surface area contributed by atoms with Crippen LogP contribution < -0.4 is 10.6 Å². The van der Waals surface area contributed by atoms with E-state index in [4.69, 9.17) is 9.15 Å². The summed E-state index contributed by atoms with van der Waals surface area (Å²) in [6.45, 7) is 6.37. The average Bonchev–Trinajstić information content (AvgIpc) is 3.20. The molecule has 0 aliphatic rings. The van der Waals surface area contributed by atoms with Crippen molar-refractivity contribution in [2.75, 3.05) is 5.32 Å². The highest BCUT2D eigenvalue weighted by Gasteiger charge is 2.29. The van der Waals surface area contributed by atoms with Crippen LogP contribution in [0.3, 0.4) is 0 Å². The third kappa shape index (κ3) is 6.03. The van der Waals surface area contributed by atoms with Crippen LogP contribution in [0.25, 0.3) is 0 Å². The lowest BCUT2D eigenvalue weighted by molar-refractivity contribution is -0.156. The molecule has 0 saturated heterocycles. The van der Waals surface area contributed by atoms with E-state index in [9.17, 15) is 19.2 Å². The average molecular weight is 400 g/mol. The van der Waals surface area contributed by atoms with Crippen molar-refractivity contribution in [3.63, 3.8) is 0 Å². The summed E-state index contributed by atoms with van der Waals surface area (Å²) in [6, 6.07) is 8.45. The van der Waals surface area contributed by atoms with Crippen molar-refractivity contribution in [1.82, 2.24) is 5.32 Å². The van der Waals surface area contributed by atoms with Crippen LogP contribution in [0, 0.1) is 5.92 Å². The summed E-state index contributed by atoms with van der Waals surface area (Å²) >= 11 is 0. The molecule has 0 bridgehead atoms. The van der Waals surface area contributed by atoms with Crippen LogP contribution in [0.1, 0.15) is 48.6 Å². The number of anilines is 1. The highest BCUT2D eigenvalue weighted by atomic mass is 16.5. The summed E-state index contributed by atoms with van der Waals surface area (Å²) in [5, 5.41) is 5.17. The molecule has 29 heavy (non-hydrogen) atoms. The van der Waals surface area contributed by atoms with Gasteiger partial charge in [0.1, 0.15) is 6.04 Å². The molecule has 2 N–H and O–H groups in total. The zero-order valence-corrected chi connectivity index (χ0v) is 16.7. The molecule has 8 heteroatoms. The number of furan rings is 1. The largest absolute Gasteiger partial charge is 0.459 e. The van der Waals surface area contributed by atoms with Crippen LogP contribution in [0.5, 0.6) is 0 Å². The molecule has 1 aromatic carbocycles. The Labute approximate surface area is 168 Å². The van der Waals surface area contributed by atoms with E-state index in [1.807, 2.05) is 0 Å². The first-order valence-electron chi connectivity index (χ1n) is 9.15. The van der Waals surface area contributed by atoms with E-state index in [-0.39, 0.29) is 17.5 Å². The summed E-state index contributed by atoms with van der Waals surface area (Å²) in [5.74, 6) is -2.09. The van der Waals surface area contributed by atoms with Crippen LogP contribution in [0.4, 0.5) is 5.69 Å². The molecule has 154 valence electrons. The smallest absolute Gasteiger partial charge is 0.329 e. The predicted octanol–water partition coefficient (Wildman–Crippen LogP) is 2.81.